The van der Waals surface area contributed by atoms with Crippen LogP contribution >= 0.6 is 0 Å². The molecule has 1 aromatic carbocycles. The Hall–Kier alpha value is -1.10. The summed E-state index contributed by atoms with van der Waals surface area (Å²) in [7, 11) is 1.71. The van der Waals surface area contributed by atoms with Crippen molar-refractivity contribution in [3.8, 4) is 5.75 Å². The van der Waals surface area contributed by atoms with E-state index in [0.29, 0.717) is 12.5 Å². The molecule has 4 nitrogen and oxygen atoms in total. The first-order valence-electron chi connectivity index (χ1n) is 7.85. The van der Waals surface area contributed by atoms with Gasteiger partial charge in [0.25, 0.3) is 0 Å². The molecule has 0 aromatic heterocycles. The normalized spacial score (nSPS) is 18.1. The summed E-state index contributed by atoms with van der Waals surface area (Å²) in [6, 6.07) is 6.31. The molecule has 1 saturated heterocycles. The standard InChI is InChI=1S/C17H27NO3/c1-3-7-18-10-14-4-5-17(19-2)16(9-14)13-21-12-15-6-8-20-11-15/h4-5,9,15,18H,3,6-8,10-13H2,1-2H3. The Labute approximate surface area is 127 Å². The van der Waals surface area contributed by atoms with E-state index in [0.717, 1.165) is 57.1 Å². The van der Waals surface area contributed by atoms with Gasteiger partial charge in [-0.2, -0.15) is 0 Å². The SMILES string of the molecule is CCCNCc1ccc(OC)c(COCC2CCOC2)c1. The molecule has 2 rings (SSSR count). The van der Waals surface area contributed by atoms with Crippen molar-refractivity contribution < 1.29 is 14.2 Å². The van der Waals surface area contributed by atoms with E-state index in [1.165, 1.54) is 5.56 Å². The molecule has 4 heteroatoms. The van der Waals surface area contributed by atoms with Gasteiger partial charge in [-0.15, -0.1) is 0 Å². The Morgan fingerprint density at radius 1 is 1.38 bits per heavy atom. The molecule has 1 fully saturated rings. The molecule has 1 aliphatic heterocycles. The Morgan fingerprint density at radius 2 is 2.29 bits per heavy atom. The summed E-state index contributed by atoms with van der Waals surface area (Å²) >= 11 is 0. The third-order valence-electron chi connectivity index (χ3n) is 3.74. The van der Waals surface area contributed by atoms with Crippen LogP contribution < -0.4 is 10.1 Å². The van der Waals surface area contributed by atoms with Crippen molar-refractivity contribution in [2.45, 2.75) is 32.9 Å². The van der Waals surface area contributed by atoms with Gasteiger partial charge in [0, 0.05) is 24.6 Å². The zero-order valence-corrected chi connectivity index (χ0v) is 13.2. The highest BCUT2D eigenvalue weighted by molar-refractivity contribution is 5.36. The van der Waals surface area contributed by atoms with Crippen LogP contribution in [0.3, 0.4) is 0 Å². The second-order valence-corrected chi connectivity index (χ2v) is 5.57. The van der Waals surface area contributed by atoms with E-state index in [1.54, 1.807) is 7.11 Å². The van der Waals surface area contributed by atoms with Gasteiger partial charge < -0.3 is 19.5 Å². The Balaban J connectivity index is 1.86. The number of nitrogens with one attached hydrogen (secondary N) is 1. The lowest BCUT2D eigenvalue weighted by molar-refractivity contribution is 0.0779. The topological polar surface area (TPSA) is 39.7 Å². The van der Waals surface area contributed by atoms with E-state index < -0.39 is 0 Å². The van der Waals surface area contributed by atoms with Crippen LogP contribution in [0.2, 0.25) is 0 Å². The third-order valence-corrected chi connectivity index (χ3v) is 3.74. The molecule has 0 spiro atoms. The van der Waals surface area contributed by atoms with Crippen molar-refractivity contribution in [2.75, 3.05) is 33.5 Å². The first kappa shape index (κ1) is 16.3. The van der Waals surface area contributed by atoms with Gasteiger partial charge in [-0.1, -0.05) is 13.0 Å². The summed E-state index contributed by atoms with van der Waals surface area (Å²) in [5.41, 5.74) is 2.39. The van der Waals surface area contributed by atoms with Crippen molar-refractivity contribution in [1.82, 2.24) is 5.32 Å². The monoisotopic (exact) mass is 293 g/mol. The van der Waals surface area contributed by atoms with E-state index in [-0.39, 0.29) is 0 Å². The molecule has 0 saturated carbocycles. The highest BCUT2D eigenvalue weighted by Crippen LogP contribution is 2.22. The van der Waals surface area contributed by atoms with Crippen LogP contribution in [0.25, 0.3) is 0 Å². The van der Waals surface area contributed by atoms with Crippen molar-refractivity contribution in [3.05, 3.63) is 29.3 Å². The predicted molar refractivity (Wildman–Crippen MR) is 83.6 cm³/mol. The van der Waals surface area contributed by atoms with Gasteiger partial charge in [-0.25, -0.2) is 0 Å². The summed E-state index contributed by atoms with van der Waals surface area (Å²) in [4.78, 5) is 0. The van der Waals surface area contributed by atoms with Crippen LogP contribution in [-0.4, -0.2) is 33.5 Å². The fraction of sp³-hybridized carbons (Fsp3) is 0.647. The maximum Gasteiger partial charge on any atom is 0.124 e. The molecule has 1 aromatic rings. The summed E-state index contributed by atoms with van der Waals surface area (Å²) in [6.07, 6.45) is 2.26. The fourth-order valence-electron chi connectivity index (χ4n) is 2.51. The van der Waals surface area contributed by atoms with Crippen LogP contribution in [-0.2, 0) is 22.6 Å². The molecule has 1 aliphatic rings. The number of hydrogen-bond donors (Lipinski definition) is 1. The van der Waals surface area contributed by atoms with E-state index >= 15 is 0 Å². The Bertz CT molecular complexity index is 416. The molecule has 0 amide bonds. The van der Waals surface area contributed by atoms with Gasteiger partial charge in [0.2, 0.25) is 0 Å². The second-order valence-electron chi connectivity index (χ2n) is 5.57. The average molecular weight is 293 g/mol. The predicted octanol–water partition coefficient (Wildman–Crippen LogP) is 2.75. The lowest BCUT2D eigenvalue weighted by Crippen LogP contribution is -2.14. The lowest BCUT2D eigenvalue weighted by Gasteiger charge is -2.13. The van der Waals surface area contributed by atoms with Crippen LogP contribution in [0.5, 0.6) is 5.75 Å². The van der Waals surface area contributed by atoms with E-state index in [4.69, 9.17) is 14.2 Å². The van der Waals surface area contributed by atoms with Crippen molar-refractivity contribution in [3.63, 3.8) is 0 Å². The van der Waals surface area contributed by atoms with Crippen LogP contribution in [0.15, 0.2) is 18.2 Å². The van der Waals surface area contributed by atoms with E-state index in [1.807, 2.05) is 6.07 Å². The Morgan fingerprint density at radius 3 is 3.00 bits per heavy atom. The molecular weight excluding hydrogens is 266 g/mol. The first-order valence-corrected chi connectivity index (χ1v) is 7.85. The van der Waals surface area contributed by atoms with Gasteiger partial charge in [0.1, 0.15) is 5.75 Å². The molecule has 0 bridgehead atoms. The van der Waals surface area contributed by atoms with Crippen LogP contribution in [0, 0.1) is 5.92 Å². The van der Waals surface area contributed by atoms with Crippen LogP contribution in [0.4, 0.5) is 0 Å². The quantitative estimate of drug-likeness (QED) is 0.711. The number of ether oxygens (including phenoxy) is 3. The van der Waals surface area contributed by atoms with Gasteiger partial charge in [-0.05, 0) is 37.1 Å². The molecule has 1 unspecified atom stereocenters. The molecule has 1 heterocycles. The first-order chi connectivity index (χ1) is 10.3. The van der Waals surface area contributed by atoms with Crippen molar-refractivity contribution in [2.24, 2.45) is 5.92 Å². The van der Waals surface area contributed by atoms with Gasteiger partial charge in [0.05, 0.1) is 26.9 Å². The fourth-order valence-corrected chi connectivity index (χ4v) is 2.51. The number of rotatable bonds is 9. The van der Waals surface area contributed by atoms with Crippen molar-refractivity contribution >= 4 is 0 Å². The lowest BCUT2D eigenvalue weighted by atomic mass is 10.1. The molecular formula is C17H27NO3. The number of methoxy groups -OCH3 is 1. The minimum Gasteiger partial charge on any atom is -0.496 e. The van der Waals surface area contributed by atoms with Crippen LogP contribution in [0.1, 0.15) is 30.9 Å². The molecule has 1 N–H and O–H groups in total. The van der Waals surface area contributed by atoms with E-state index in [9.17, 15) is 0 Å². The van der Waals surface area contributed by atoms with Crippen molar-refractivity contribution in [1.29, 1.82) is 0 Å². The maximum atomic E-state index is 5.85. The highest BCUT2D eigenvalue weighted by atomic mass is 16.5. The highest BCUT2D eigenvalue weighted by Gasteiger charge is 2.16. The average Bonchev–Trinajstić information content (AvgIpc) is 3.01. The summed E-state index contributed by atoms with van der Waals surface area (Å²) in [6.45, 7) is 7.17. The zero-order chi connectivity index (χ0) is 14.9. The molecule has 118 valence electrons. The Kier molecular flexibility index (Phi) is 7.00. The second kappa shape index (κ2) is 9.03. The third kappa shape index (κ3) is 5.30. The molecule has 21 heavy (non-hydrogen) atoms. The van der Waals surface area contributed by atoms with Gasteiger partial charge in [-0.3, -0.25) is 0 Å². The largest absolute Gasteiger partial charge is 0.496 e. The summed E-state index contributed by atoms with van der Waals surface area (Å²) < 4.78 is 16.6. The zero-order valence-electron chi connectivity index (χ0n) is 13.2. The van der Waals surface area contributed by atoms with Gasteiger partial charge >= 0.3 is 0 Å². The van der Waals surface area contributed by atoms with Gasteiger partial charge in [0.15, 0.2) is 0 Å². The molecule has 0 radical (unpaired) electrons. The van der Waals surface area contributed by atoms with E-state index in [2.05, 4.69) is 24.4 Å². The minimum absolute atomic E-state index is 0.547. The smallest absolute Gasteiger partial charge is 0.124 e. The summed E-state index contributed by atoms with van der Waals surface area (Å²) in [5, 5.41) is 3.42. The molecule has 1 atom stereocenters. The number of benzene rings is 1. The summed E-state index contributed by atoms with van der Waals surface area (Å²) in [5.74, 6) is 1.45. The molecule has 0 aliphatic carbocycles. The maximum absolute atomic E-state index is 5.85. The minimum atomic E-state index is 0.547. The number of hydrogen-bond acceptors (Lipinski definition) is 4.